The number of anilines is 1. The fraction of sp³-hybridized carbons (Fsp3) is 0.333. The highest BCUT2D eigenvalue weighted by atomic mass is 79.9. The normalized spacial score (nSPS) is 12.7. The average molecular weight is 447 g/mol. The van der Waals surface area contributed by atoms with E-state index in [1.807, 2.05) is 42.5 Å². The molecule has 1 heterocycles. The van der Waals surface area contributed by atoms with Gasteiger partial charge in [-0.25, -0.2) is 0 Å². The number of amides is 2. The summed E-state index contributed by atoms with van der Waals surface area (Å²) < 4.78 is 12.3. The van der Waals surface area contributed by atoms with Crippen molar-refractivity contribution in [3.8, 4) is 11.5 Å². The maximum Gasteiger partial charge on any atom is 0.224 e. The minimum Gasteiger partial charge on any atom is -0.494 e. The van der Waals surface area contributed by atoms with Gasteiger partial charge in [-0.1, -0.05) is 22.0 Å². The Morgan fingerprint density at radius 3 is 2.75 bits per heavy atom. The zero-order chi connectivity index (χ0) is 19.8. The Bertz CT molecular complexity index is 841. The van der Waals surface area contributed by atoms with E-state index in [0.717, 1.165) is 33.6 Å². The summed E-state index contributed by atoms with van der Waals surface area (Å²) in [5, 5.41) is 5.69. The van der Waals surface area contributed by atoms with Gasteiger partial charge in [0.05, 0.1) is 13.2 Å². The van der Waals surface area contributed by atoms with Crippen molar-refractivity contribution in [2.24, 2.45) is 0 Å². The fourth-order valence-corrected chi connectivity index (χ4v) is 3.26. The molecule has 2 aromatic carbocycles. The Kier molecular flexibility index (Phi) is 7.31. The van der Waals surface area contributed by atoms with Crippen LogP contribution in [0, 0.1) is 0 Å². The van der Waals surface area contributed by atoms with E-state index in [9.17, 15) is 9.59 Å². The van der Waals surface area contributed by atoms with Crippen LogP contribution in [-0.4, -0.2) is 31.6 Å². The van der Waals surface area contributed by atoms with Crippen LogP contribution in [0.3, 0.4) is 0 Å². The second-order valence-electron chi connectivity index (χ2n) is 6.47. The summed E-state index contributed by atoms with van der Waals surface area (Å²) in [6.07, 6.45) is 2.27. The smallest absolute Gasteiger partial charge is 0.224 e. The molecule has 0 aromatic heterocycles. The van der Waals surface area contributed by atoms with E-state index >= 15 is 0 Å². The maximum atomic E-state index is 11.9. The van der Waals surface area contributed by atoms with E-state index in [0.29, 0.717) is 39.0 Å². The molecule has 2 amide bonds. The van der Waals surface area contributed by atoms with Gasteiger partial charge >= 0.3 is 0 Å². The van der Waals surface area contributed by atoms with Gasteiger partial charge in [-0.2, -0.15) is 0 Å². The standard InChI is InChI=1S/C21H23BrN2O4/c22-16-3-1-4-17(14-16)27-11-2-5-20(25)23-10-12-28-18-7-8-19-15(13-18)6-9-21(26)24-19/h1,3-4,7-8,13-14H,2,5-6,9-12H2,(H,23,25)(H,24,26). The van der Waals surface area contributed by atoms with Crippen LogP contribution in [0.1, 0.15) is 24.8 Å². The number of halogens is 1. The molecule has 0 fully saturated rings. The van der Waals surface area contributed by atoms with Crippen LogP contribution >= 0.6 is 15.9 Å². The van der Waals surface area contributed by atoms with E-state index in [1.165, 1.54) is 0 Å². The number of benzene rings is 2. The maximum absolute atomic E-state index is 11.9. The molecule has 0 unspecified atom stereocenters. The highest BCUT2D eigenvalue weighted by Gasteiger charge is 2.14. The Hall–Kier alpha value is -2.54. The number of ether oxygens (including phenoxy) is 2. The number of carbonyl (C=O) groups excluding carboxylic acids is 2. The molecule has 1 aliphatic heterocycles. The zero-order valence-electron chi connectivity index (χ0n) is 15.5. The monoisotopic (exact) mass is 446 g/mol. The van der Waals surface area contributed by atoms with E-state index in [-0.39, 0.29) is 11.8 Å². The Balaban J connectivity index is 1.29. The Labute approximate surface area is 172 Å². The summed E-state index contributed by atoms with van der Waals surface area (Å²) in [6.45, 7) is 1.33. The molecule has 6 nitrogen and oxygen atoms in total. The van der Waals surface area contributed by atoms with Crippen LogP contribution < -0.4 is 20.1 Å². The molecule has 148 valence electrons. The molecule has 0 atom stereocenters. The van der Waals surface area contributed by atoms with Gasteiger partial charge in [0.1, 0.15) is 18.1 Å². The number of carbonyl (C=O) groups is 2. The van der Waals surface area contributed by atoms with Gasteiger partial charge in [0.25, 0.3) is 0 Å². The van der Waals surface area contributed by atoms with Crippen molar-refractivity contribution in [1.82, 2.24) is 5.32 Å². The SMILES string of the molecule is O=C(CCCOc1cccc(Br)c1)NCCOc1ccc2c(c1)CCC(=O)N2. The van der Waals surface area contributed by atoms with Crippen molar-refractivity contribution in [2.45, 2.75) is 25.7 Å². The van der Waals surface area contributed by atoms with Gasteiger partial charge in [-0.15, -0.1) is 0 Å². The molecular formula is C21H23BrN2O4. The molecule has 0 aliphatic carbocycles. The van der Waals surface area contributed by atoms with E-state index in [4.69, 9.17) is 9.47 Å². The molecule has 0 saturated carbocycles. The highest BCUT2D eigenvalue weighted by molar-refractivity contribution is 9.10. The quantitative estimate of drug-likeness (QED) is 0.575. The van der Waals surface area contributed by atoms with Gasteiger partial charge in [-0.05, 0) is 54.8 Å². The van der Waals surface area contributed by atoms with Gasteiger partial charge in [-0.3, -0.25) is 9.59 Å². The number of nitrogens with one attached hydrogen (secondary N) is 2. The zero-order valence-corrected chi connectivity index (χ0v) is 17.1. The Morgan fingerprint density at radius 1 is 1.07 bits per heavy atom. The van der Waals surface area contributed by atoms with Crippen LogP contribution in [0.15, 0.2) is 46.9 Å². The molecule has 0 bridgehead atoms. The van der Waals surface area contributed by atoms with Crippen LogP contribution in [0.2, 0.25) is 0 Å². The molecule has 1 aliphatic rings. The van der Waals surface area contributed by atoms with Crippen molar-refractivity contribution >= 4 is 33.4 Å². The molecule has 0 spiro atoms. The van der Waals surface area contributed by atoms with Crippen LogP contribution in [-0.2, 0) is 16.0 Å². The lowest BCUT2D eigenvalue weighted by molar-refractivity contribution is -0.121. The molecule has 0 saturated heterocycles. The second-order valence-corrected chi connectivity index (χ2v) is 7.39. The first-order valence-electron chi connectivity index (χ1n) is 9.31. The van der Waals surface area contributed by atoms with Crippen molar-refractivity contribution in [3.63, 3.8) is 0 Å². The third-order valence-corrected chi connectivity index (χ3v) is 4.77. The van der Waals surface area contributed by atoms with Gasteiger partial charge < -0.3 is 20.1 Å². The minimum absolute atomic E-state index is 0.0189. The fourth-order valence-electron chi connectivity index (χ4n) is 2.88. The predicted octanol–water partition coefficient (Wildman–Crippen LogP) is 3.69. The molecule has 2 N–H and O–H groups in total. The van der Waals surface area contributed by atoms with E-state index in [2.05, 4.69) is 26.6 Å². The van der Waals surface area contributed by atoms with Gasteiger partial charge in [0.2, 0.25) is 11.8 Å². The second kappa shape index (κ2) is 10.1. The van der Waals surface area contributed by atoms with E-state index < -0.39 is 0 Å². The van der Waals surface area contributed by atoms with Crippen LogP contribution in [0.5, 0.6) is 11.5 Å². The molecule has 28 heavy (non-hydrogen) atoms. The topological polar surface area (TPSA) is 76.7 Å². The number of fused-ring (bicyclic) bond motifs is 1. The predicted molar refractivity (Wildman–Crippen MR) is 111 cm³/mol. The number of hydrogen-bond acceptors (Lipinski definition) is 4. The third kappa shape index (κ3) is 6.27. The lowest BCUT2D eigenvalue weighted by Crippen LogP contribution is -2.28. The summed E-state index contributed by atoms with van der Waals surface area (Å²) in [5.41, 5.74) is 1.92. The summed E-state index contributed by atoms with van der Waals surface area (Å²) in [7, 11) is 0. The van der Waals surface area contributed by atoms with Crippen LogP contribution in [0.4, 0.5) is 5.69 Å². The number of rotatable bonds is 9. The van der Waals surface area contributed by atoms with Crippen molar-refractivity contribution < 1.29 is 19.1 Å². The average Bonchev–Trinajstić information content (AvgIpc) is 2.69. The summed E-state index contributed by atoms with van der Waals surface area (Å²) >= 11 is 3.39. The molecule has 3 rings (SSSR count). The first kappa shape index (κ1) is 20.2. The molecule has 7 heteroatoms. The third-order valence-electron chi connectivity index (χ3n) is 4.28. The lowest BCUT2D eigenvalue weighted by atomic mass is 10.0. The van der Waals surface area contributed by atoms with Crippen LogP contribution in [0.25, 0.3) is 0 Å². The molecular weight excluding hydrogens is 424 g/mol. The van der Waals surface area contributed by atoms with Crippen molar-refractivity contribution in [2.75, 3.05) is 25.1 Å². The molecule has 2 aromatic rings. The number of aryl methyl sites for hydroxylation is 1. The molecule has 0 radical (unpaired) electrons. The summed E-state index contributed by atoms with van der Waals surface area (Å²) in [6, 6.07) is 13.2. The van der Waals surface area contributed by atoms with Gasteiger partial charge in [0, 0.05) is 23.0 Å². The van der Waals surface area contributed by atoms with Crippen molar-refractivity contribution in [1.29, 1.82) is 0 Å². The highest BCUT2D eigenvalue weighted by Crippen LogP contribution is 2.26. The van der Waals surface area contributed by atoms with Gasteiger partial charge in [0.15, 0.2) is 0 Å². The summed E-state index contributed by atoms with van der Waals surface area (Å²) in [5.74, 6) is 1.56. The Morgan fingerprint density at radius 2 is 1.89 bits per heavy atom. The van der Waals surface area contributed by atoms with E-state index in [1.54, 1.807) is 0 Å². The van der Waals surface area contributed by atoms with Crippen molar-refractivity contribution in [3.05, 3.63) is 52.5 Å². The largest absolute Gasteiger partial charge is 0.494 e. The number of hydrogen-bond donors (Lipinski definition) is 2. The first-order valence-corrected chi connectivity index (χ1v) is 10.1. The summed E-state index contributed by atoms with van der Waals surface area (Å²) in [4.78, 5) is 23.2. The first-order chi connectivity index (χ1) is 13.6. The lowest BCUT2D eigenvalue weighted by Gasteiger charge is -2.17. The minimum atomic E-state index is -0.0189.